The average Bonchev–Trinajstić information content (AvgIpc) is 2.56. The maximum absolute atomic E-state index is 4.89. The molecule has 0 radical (unpaired) electrons. The van der Waals surface area contributed by atoms with Gasteiger partial charge in [-0.05, 0) is 84.6 Å². The van der Waals surface area contributed by atoms with Crippen LogP contribution in [0, 0.1) is 0 Å². The second-order valence-corrected chi connectivity index (χ2v) is 19.1. The zero-order chi connectivity index (χ0) is 26.9. The van der Waals surface area contributed by atoms with Gasteiger partial charge in [-0.15, -0.1) is 0 Å². The molecule has 32 heavy (non-hydrogen) atoms. The van der Waals surface area contributed by atoms with Gasteiger partial charge in [-0.1, -0.05) is 0 Å². The molecule has 0 unspecified atom stereocenters. The summed E-state index contributed by atoms with van der Waals surface area (Å²) in [6, 6.07) is 0. The summed E-state index contributed by atoms with van der Waals surface area (Å²) in [5.74, 6) is 0. The zero-order valence-corrected chi connectivity index (χ0v) is 28.6. The molecule has 0 saturated heterocycles. The van der Waals surface area contributed by atoms with Crippen molar-refractivity contribution in [1.82, 2.24) is 29.4 Å². The van der Waals surface area contributed by atoms with Crippen LogP contribution in [0.1, 0.15) is 0 Å². The molecule has 0 aliphatic rings. The SMILES string of the molecule is CN(C)CCN(C)C.CN(C)CCN(C)C.CN(C)CCN(C)C.[Cl][Fe]([Cl])[Cl].[Cl][Fe]([Cl])[Cl]. The molecule has 208 valence electrons. The second kappa shape index (κ2) is 33.5. The third-order valence-corrected chi connectivity index (χ3v) is 2.98. The molecule has 0 aliphatic carbocycles. The molecule has 0 N–H and O–H groups in total. The molecular formula is C18H48Cl6Fe2N6. The molecule has 0 saturated carbocycles. The van der Waals surface area contributed by atoms with Crippen molar-refractivity contribution < 1.29 is 22.3 Å². The van der Waals surface area contributed by atoms with Gasteiger partial charge >= 0.3 is 82.9 Å². The predicted octanol–water partition coefficient (Wildman–Crippen LogP) is 4.46. The Kier molecular flexibility index (Phi) is 46.7. The molecular weight excluding hydrogens is 625 g/mol. The van der Waals surface area contributed by atoms with Crippen molar-refractivity contribution in [3.05, 3.63) is 0 Å². The number of hydrogen-bond donors (Lipinski definition) is 0. The average molecular weight is 673 g/mol. The first-order chi connectivity index (χ1) is 14.3. The Bertz CT molecular complexity index is 257. The maximum atomic E-state index is 4.89. The summed E-state index contributed by atoms with van der Waals surface area (Å²) in [6.07, 6.45) is 0. The normalized spacial score (nSPS) is 11.2. The van der Waals surface area contributed by atoms with E-state index in [9.17, 15) is 0 Å². The first kappa shape index (κ1) is 44.5. The van der Waals surface area contributed by atoms with Crippen LogP contribution >= 0.6 is 60.6 Å². The van der Waals surface area contributed by atoms with Gasteiger partial charge in [-0.25, -0.2) is 0 Å². The van der Waals surface area contributed by atoms with Crippen LogP contribution in [0.5, 0.6) is 0 Å². The van der Waals surface area contributed by atoms with Gasteiger partial charge < -0.3 is 29.4 Å². The summed E-state index contributed by atoms with van der Waals surface area (Å²) in [5.41, 5.74) is 0. The van der Waals surface area contributed by atoms with Gasteiger partial charge in [0.25, 0.3) is 0 Å². The molecule has 0 fully saturated rings. The molecule has 0 aromatic rings. The summed E-state index contributed by atoms with van der Waals surface area (Å²) in [5, 5.41) is 0. The fraction of sp³-hybridized carbons (Fsp3) is 1.00. The first-order valence-electron chi connectivity index (χ1n) is 9.57. The molecule has 0 rings (SSSR count). The van der Waals surface area contributed by atoms with Gasteiger partial charge in [0.05, 0.1) is 0 Å². The van der Waals surface area contributed by atoms with E-state index in [-0.39, 0.29) is 0 Å². The second-order valence-electron chi connectivity index (χ2n) is 8.12. The van der Waals surface area contributed by atoms with Gasteiger partial charge in [-0.2, -0.15) is 0 Å². The van der Waals surface area contributed by atoms with E-state index in [0.717, 1.165) is 39.3 Å². The number of rotatable bonds is 9. The van der Waals surface area contributed by atoms with E-state index in [0.29, 0.717) is 0 Å². The Morgan fingerprint density at radius 3 is 0.406 bits per heavy atom. The van der Waals surface area contributed by atoms with Crippen LogP contribution in [0.25, 0.3) is 0 Å². The van der Waals surface area contributed by atoms with Crippen LogP contribution in [-0.4, -0.2) is 153 Å². The van der Waals surface area contributed by atoms with Crippen molar-refractivity contribution in [2.75, 3.05) is 124 Å². The molecule has 0 aromatic carbocycles. The predicted molar refractivity (Wildman–Crippen MR) is 146 cm³/mol. The van der Waals surface area contributed by atoms with Gasteiger partial charge in [0.1, 0.15) is 0 Å². The van der Waals surface area contributed by atoms with Crippen LogP contribution in [0.3, 0.4) is 0 Å². The van der Waals surface area contributed by atoms with E-state index in [1.165, 1.54) is 0 Å². The van der Waals surface area contributed by atoms with Crippen molar-refractivity contribution in [1.29, 1.82) is 0 Å². The number of nitrogens with zero attached hydrogens (tertiary/aromatic N) is 6. The summed E-state index contributed by atoms with van der Waals surface area (Å²) in [4.78, 5) is 13.1. The molecule has 6 nitrogen and oxygen atoms in total. The zero-order valence-electron chi connectivity index (χ0n) is 21.9. The van der Waals surface area contributed by atoms with Crippen LogP contribution in [0.4, 0.5) is 0 Å². The van der Waals surface area contributed by atoms with Gasteiger partial charge in [0.2, 0.25) is 0 Å². The molecule has 14 heteroatoms. The quantitative estimate of drug-likeness (QED) is 0.335. The number of hydrogen-bond acceptors (Lipinski definition) is 6. The van der Waals surface area contributed by atoms with Crippen molar-refractivity contribution in [2.45, 2.75) is 0 Å². The molecule has 0 heterocycles. The Morgan fingerprint density at radius 2 is 0.375 bits per heavy atom. The minimum atomic E-state index is -1.33. The topological polar surface area (TPSA) is 19.4 Å². The van der Waals surface area contributed by atoms with E-state index >= 15 is 0 Å². The monoisotopic (exact) mass is 670 g/mol. The summed E-state index contributed by atoms with van der Waals surface area (Å²) in [7, 11) is 54.4. The standard InChI is InChI=1S/3C6H16N2.6ClH.2Fe/c3*1-7(2)5-6-8(3)4;;;;;;;;/h3*5-6H2,1-4H3;6*1H;;/q;;;;;;;;;2*+3/p-6. The molecule has 0 bridgehead atoms. The van der Waals surface area contributed by atoms with Crippen LogP contribution in [0.2, 0.25) is 0 Å². The number of halogens is 6. The Hall–Kier alpha value is 2.54. The van der Waals surface area contributed by atoms with E-state index in [1.807, 2.05) is 0 Å². The van der Waals surface area contributed by atoms with Crippen molar-refractivity contribution in [2.24, 2.45) is 0 Å². The minimum absolute atomic E-state index is 1.15. The first-order valence-corrected chi connectivity index (χ1v) is 18.7. The fourth-order valence-electron chi connectivity index (χ4n) is 1.20. The van der Waals surface area contributed by atoms with Gasteiger partial charge in [0.15, 0.2) is 0 Å². The summed E-state index contributed by atoms with van der Waals surface area (Å²) >= 11 is -2.67. The van der Waals surface area contributed by atoms with E-state index in [2.05, 4.69) is 114 Å². The van der Waals surface area contributed by atoms with Gasteiger partial charge in [0, 0.05) is 39.3 Å². The molecule has 0 spiro atoms. The third-order valence-electron chi connectivity index (χ3n) is 2.98. The van der Waals surface area contributed by atoms with Crippen molar-refractivity contribution in [3.8, 4) is 0 Å². The van der Waals surface area contributed by atoms with E-state index in [1.54, 1.807) is 0 Å². The Morgan fingerprint density at radius 1 is 0.312 bits per heavy atom. The van der Waals surface area contributed by atoms with Crippen molar-refractivity contribution >= 4 is 60.6 Å². The summed E-state index contributed by atoms with van der Waals surface area (Å²) < 4.78 is 0. The van der Waals surface area contributed by atoms with Crippen LogP contribution in [0.15, 0.2) is 0 Å². The van der Waals surface area contributed by atoms with Crippen LogP contribution < -0.4 is 0 Å². The summed E-state index contributed by atoms with van der Waals surface area (Å²) in [6.45, 7) is 6.88. The Balaban J connectivity index is -0.0000000980. The van der Waals surface area contributed by atoms with Crippen molar-refractivity contribution in [3.63, 3.8) is 0 Å². The molecule has 0 aliphatic heterocycles. The molecule has 0 amide bonds. The van der Waals surface area contributed by atoms with E-state index in [4.69, 9.17) is 60.6 Å². The molecule has 0 aromatic heterocycles. The Labute approximate surface area is 234 Å². The molecule has 0 atom stereocenters. The fourth-order valence-corrected chi connectivity index (χ4v) is 1.20. The van der Waals surface area contributed by atoms with Crippen LogP contribution in [-0.2, 0) is 22.3 Å². The third kappa shape index (κ3) is 105. The number of likely N-dealkylation sites (N-methyl/N-ethyl adjacent to an activating group) is 6. The van der Waals surface area contributed by atoms with Gasteiger partial charge in [-0.3, -0.25) is 0 Å². The van der Waals surface area contributed by atoms with E-state index < -0.39 is 22.3 Å².